The number of hydrogen-bond donors (Lipinski definition) is 1. The second kappa shape index (κ2) is 14.5. The maximum atomic E-state index is 14.3. The first kappa shape index (κ1) is 32.0. The molecule has 0 unspecified atom stereocenters. The zero-order chi connectivity index (χ0) is 31.0. The van der Waals surface area contributed by atoms with Crippen molar-refractivity contribution in [2.75, 3.05) is 17.9 Å². The largest absolute Gasteiger partial charge is 0.357 e. The maximum absolute atomic E-state index is 14.3. The van der Waals surface area contributed by atoms with Crippen molar-refractivity contribution in [3.8, 4) is 0 Å². The number of halogens is 1. The number of nitrogens with zero attached hydrogens (tertiary/aromatic N) is 2. The van der Waals surface area contributed by atoms with Crippen LogP contribution in [0.25, 0.3) is 0 Å². The molecule has 1 atom stereocenters. The van der Waals surface area contributed by atoms with Gasteiger partial charge >= 0.3 is 0 Å². The summed E-state index contributed by atoms with van der Waals surface area (Å²) in [5, 5.41) is 2.70. The molecule has 43 heavy (non-hydrogen) atoms. The molecule has 0 spiro atoms. The van der Waals surface area contributed by atoms with Gasteiger partial charge in [-0.1, -0.05) is 103 Å². The number of carbonyl (C=O) groups is 2. The van der Waals surface area contributed by atoms with Crippen LogP contribution in [0.2, 0.25) is 0 Å². The molecule has 0 heterocycles. The highest BCUT2D eigenvalue weighted by Gasteiger charge is 2.34. The van der Waals surface area contributed by atoms with Crippen LogP contribution in [-0.4, -0.2) is 44.8 Å². The third-order valence-corrected chi connectivity index (χ3v) is 9.56. The molecule has 0 aliphatic rings. The summed E-state index contributed by atoms with van der Waals surface area (Å²) >= 11 is 3.45. The number of nitrogens with one attached hydrogen (secondary N) is 1. The Hall–Kier alpha value is -3.95. The van der Waals surface area contributed by atoms with Crippen LogP contribution in [0, 0.1) is 0 Å². The fourth-order valence-corrected chi connectivity index (χ4v) is 6.48. The molecule has 0 fully saturated rings. The standard InChI is InChI=1S/C34H36BrN3O4S/c1-25(2)28-16-20-30(21-17-28)38(43(41,42)31-12-8-5-9-13-31)24-33(39)37(23-27-14-18-29(35)19-15-27)32(34(40)36-3)22-26-10-6-4-7-11-26/h4-21,25,32H,22-24H2,1-3H3,(H,36,40)/t32-/m1/s1. The van der Waals surface area contributed by atoms with E-state index in [-0.39, 0.29) is 29.7 Å². The van der Waals surface area contributed by atoms with Crippen LogP contribution >= 0.6 is 15.9 Å². The van der Waals surface area contributed by atoms with Crippen LogP contribution < -0.4 is 9.62 Å². The number of hydrogen-bond acceptors (Lipinski definition) is 4. The molecule has 4 aromatic rings. The van der Waals surface area contributed by atoms with Crippen molar-refractivity contribution in [1.29, 1.82) is 0 Å². The average molecular weight is 663 g/mol. The monoisotopic (exact) mass is 661 g/mol. The predicted octanol–water partition coefficient (Wildman–Crippen LogP) is 6.15. The van der Waals surface area contributed by atoms with Crippen molar-refractivity contribution < 1.29 is 18.0 Å². The molecule has 4 rings (SSSR count). The molecule has 4 aromatic carbocycles. The van der Waals surface area contributed by atoms with Crippen molar-refractivity contribution in [2.24, 2.45) is 0 Å². The van der Waals surface area contributed by atoms with Crippen molar-refractivity contribution in [1.82, 2.24) is 10.2 Å². The Morgan fingerprint density at radius 3 is 1.93 bits per heavy atom. The van der Waals surface area contributed by atoms with Gasteiger partial charge in [0, 0.05) is 24.5 Å². The van der Waals surface area contributed by atoms with E-state index in [1.54, 1.807) is 30.3 Å². The molecule has 7 nitrogen and oxygen atoms in total. The summed E-state index contributed by atoms with van der Waals surface area (Å²) in [4.78, 5) is 29.2. The lowest BCUT2D eigenvalue weighted by Gasteiger charge is -2.33. The Balaban J connectivity index is 1.78. The predicted molar refractivity (Wildman–Crippen MR) is 174 cm³/mol. The minimum absolute atomic E-state index is 0.0716. The molecule has 9 heteroatoms. The lowest BCUT2D eigenvalue weighted by Crippen LogP contribution is -2.53. The van der Waals surface area contributed by atoms with E-state index in [0.717, 1.165) is 25.5 Å². The quantitative estimate of drug-likeness (QED) is 0.197. The van der Waals surface area contributed by atoms with Crippen molar-refractivity contribution >= 4 is 43.5 Å². The minimum atomic E-state index is -4.13. The molecular weight excluding hydrogens is 626 g/mol. The van der Waals surface area contributed by atoms with E-state index in [2.05, 4.69) is 35.1 Å². The summed E-state index contributed by atoms with van der Waals surface area (Å²) in [5.74, 6) is -0.587. The molecular formula is C34H36BrN3O4S. The van der Waals surface area contributed by atoms with Crippen molar-refractivity contribution in [2.45, 2.75) is 43.7 Å². The van der Waals surface area contributed by atoms with Crippen LogP contribution in [0.15, 0.2) is 119 Å². The highest BCUT2D eigenvalue weighted by Crippen LogP contribution is 2.27. The first-order valence-corrected chi connectivity index (χ1v) is 16.3. The SMILES string of the molecule is CNC(=O)[C@@H](Cc1ccccc1)N(Cc1ccc(Br)cc1)C(=O)CN(c1ccc(C(C)C)cc1)S(=O)(=O)c1ccccc1. The van der Waals surface area contributed by atoms with Crippen LogP contribution in [0.5, 0.6) is 0 Å². The zero-order valence-electron chi connectivity index (χ0n) is 24.5. The molecule has 0 radical (unpaired) electrons. The third-order valence-electron chi connectivity index (χ3n) is 7.24. The van der Waals surface area contributed by atoms with Gasteiger partial charge in [0.15, 0.2) is 0 Å². The molecule has 0 saturated carbocycles. The fraction of sp³-hybridized carbons (Fsp3) is 0.235. The van der Waals surface area contributed by atoms with E-state index in [1.807, 2.05) is 66.7 Å². The van der Waals surface area contributed by atoms with Crippen LogP contribution in [0.4, 0.5) is 5.69 Å². The number of sulfonamides is 1. The van der Waals surface area contributed by atoms with Gasteiger partial charge in [-0.25, -0.2) is 8.42 Å². The van der Waals surface area contributed by atoms with E-state index in [0.29, 0.717) is 5.69 Å². The van der Waals surface area contributed by atoms with E-state index >= 15 is 0 Å². The number of rotatable bonds is 12. The first-order valence-electron chi connectivity index (χ1n) is 14.1. The smallest absolute Gasteiger partial charge is 0.264 e. The second-order valence-electron chi connectivity index (χ2n) is 10.5. The van der Waals surface area contributed by atoms with Crippen molar-refractivity contribution in [3.63, 3.8) is 0 Å². The Bertz CT molecular complexity index is 1610. The zero-order valence-corrected chi connectivity index (χ0v) is 26.9. The average Bonchev–Trinajstić information content (AvgIpc) is 3.02. The minimum Gasteiger partial charge on any atom is -0.357 e. The van der Waals surface area contributed by atoms with Crippen LogP contribution in [0.1, 0.15) is 36.5 Å². The number of likely N-dealkylation sites (N-methyl/N-ethyl adjacent to an activating group) is 1. The van der Waals surface area contributed by atoms with Gasteiger partial charge in [0.2, 0.25) is 11.8 Å². The molecule has 224 valence electrons. The lowest BCUT2D eigenvalue weighted by atomic mass is 10.0. The van der Waals surface area contributed by atoms with E-state index in [9.17, 15) is 18.0 Å². The van der Waals surface area contributed by atoms with Crippen LogP contribution in [-0.2, 0) is 32.6 Å². The number of amides is 2. The summed E-state index contributed by atoms with van der Waals surface area (Å²) < 4.78 is 30.1. The van der Waals surface area contributed by atoms with E-state index < -0.39 is 28.5 Å². The van der Waals surface area contributed by atoms with Gasteiger partial charge in [-0.2, -0.15) is 0 Å². The normalized spacial score (nSPS) is 12.0. The van der Waals surface area contributed by atoms with E-state index in [4.69, 9.17) is 0 Å². The molecule has 0 aliphatic carbocycles. The number of anilines is 1. The third kappa shape index (κ3) is 8.12. The van der Waals surface area contributed by atoms with Crippen molar-refractivity contribution in [3.05, 3.63) is 130 Å². The van der Waals surface area contributed by atoms with Gasteiger partial charge in [0.1, 0.15) is 12.6 Å². The second-order valence-corrected chi connectivity index (χ2v) is 13.3. The van der Waals surface area contributed by atoms with Crippen LogP contribution in [0.3, 0.4) is 0 Å². The van der Waals surface area contributed by atoms with Gasteiger partial charge in [0.05, 0.1) is 10.6 Å². The highest BCUT2D eigenvalue weighted by atomic mass is 79.9. The summed E-state index contributed by atoms with van der Waals surface area (Å²) in [6.07, 6.45) is 0.261. The Labute approximate surface area is 262 Å². The summed E-state index contributed by atoms with van der Waals surface area (Å²) in [6, 6.07) is 31.3. The van der Waals surface area contributed by atoms with Gasteiger partial charge < -0.3 is 10.2 Å². The summed E-state index contributed by atoms with van der Waals surface area (Å²) in [7, 11) is -2.59. The maximum Gasteiger partial charge on any atom is 0.264 e. The lowest BCUT2D eigenvalue weighted by molar-refractivity contribution is -0.139. The molecule has 0 aromatic heterocycles. The Morgan fingerprint density at radius 2 is 1.37 bits per heavy atom. The summed E-state index contributed by atoms with van der Waals surface area (Å²) in [5.41, 5.74) is 3.09. The fourth-order valence-electron chi connectivity index (χ4n) is 4.78. The Kier molecular flexibility index (Phi) is 10.8. The topological polar surface area (TPSA) is 86.8 Å². The van der Waals surface area contributed by atoms with Gasteiger partial charge in [-0.15, -0.1) is 0 Å². The van der Waals surface area contributed by atoms with Gasteiger partial charge in [-0.05, 0) is 59.0 Å². The Morgan fingerprint density at radius 1 is 0.791 bits per heavy atom. The van der Waals surface area contributed by atoms with E-state index in [1.165, 1.54) is 24.1 Å². The summed E-state index contributed by atoms with van der Waals surface area (Å²) in [6.45, 7) is 3.74. The molecule has 1 N–H and O–H groups in total. The molecule has 0 saturated heterocycles. The molecule has 0 aliphatic heterocycles. The molecule has 0 bridgehead atoms. The number of carbonyl (C=O) groups excluding carboxylic acids is 2. The number of benzene rings is 4. The van der Waals surface area contributed by atoms with Gasteiger partial charge in [-0.3, -0.25) is 13.9 Å². The first-order chi connectivity index (χ1) is 20.6. The van der Waals surface area contributed by atoms with Gasteiger partial charge in [0.25, 0.3) is 10.0 Å². The molecule has 2 amide bonds. The highest BCUT2D eigenvalue weighted by molar-refractivity contribution is 9.10.